The van der Waals surface area contributed by atoms with Crippen LogP contribution in [0.15, 0.2) is 0 Å². The van der Waals surface area contributed by atoms with Crippen LogP contribution >= 0.6 is 0 Å². The molecule has 12 fully saturated rings. The highest BCUT2D eigenvalue weighted by Gasteiger charge is 2.65. The van der Waals surface area contributed by atoms with Crippen molar-refractivity contribution >= 4 is 47.8 Å². The van der Waals surface area contributed by atoms with Crippen molar-refractivity contribution in [3.63, 3.8) is 0 Å². The molecule has 0 spiro atoms. The maximum Gasteiger partial charge on any atom is 0.347 e. The molecule has 0 amide bonds. The molecule has 2 aliphatic heterocycles. The smallest absolute Gasteiger partial charge is 0.347 e. The molecule has 10 unspecified atom stereocenters. The molecular formula is C68H102O17. The van der Waals surface area contributed by atoms with Gasteiger partial charge in [0.05, 0.1) is 39.3 Å². The molecule has 17 heteroatoms. The molecule has 0 aromatic carbocycles. The molecule has 12 rings (SSSR count). The van der Waals surface area contributed by atoms with Crippen LogP contribution in [-0.4, -0.2) is 107 Å². The Hall–Kier alpha value is -4.28. The molecule has 0 radical (unpaired) electrons. The lowest BCUT2D eigenvalue weighted by atomic mass is 9.47. The van der Waals surface area contributed by atoms with E-state index >= 15 is 24.0 Å². The summed E-state index contributed by atoms with van der Waals surface area (Å²) in [5.74, 6) is -3.90. The van der Waals surface area contributed by atoms with Gasteiger partial charge < -0.3 is 43.0 Å². The van der Waals surface area contributed by atoms with Crippen LogP contribution in [0.25, 0.3) is 0 Å². The Morgan fingerprint density at radius 3 is 1.75 bits per heavy atom. The van der Waals surface area contributed by atoms with Gasteiger partial charge in [0, 0.05) is 25.2 Å². The monoisotopic (exact) mass is 1190 g/mol. The van der Waals surface area contributed by atoms with Crippen LogP contribution in [0.3, 0.4) is 0 Å². The molecule has 2 heterocycles. The van der Waals surface area contributed by atoms with Crippen molar-refractivity contribution < 1.29 is 81.4 Å². The van der Waals surface area contributed by atoms with Gasteiger partial charge in [0.2, 0.25) is 6.10 Å². The van der Waals surface area contributed by atoms with E-state index in [-0.39, 0.29) is 92.5 Å². The van der Waals surface area contributed by atoms with Crippen molar-refractivity contribution in [1.82, 2.24) is 0 Å². The van der Waals surface area contributed by atoms with Gasteiger partial charge in [0.15, 0.2) is 6.61 Å². The van der Waals surface area contributed by atoms with E-state index in [0.29, 0.717) is 69.6 Å². The standard InChI is InChI=1S/C68H102O17/c1-12-61(8,58(75)84-67(40(2)3)21-13-14-22-67)36-64(11,59(76)85-68(41(4)5)47-26-42-24-43(28-47)29-48(68)27-42)38-63(10,57(74)81-50-20-23-78-54(50)71)37-62(9,56(73)79-34-52(70)82-53-46-16-15-17-49(53)80-51(69)19-18-46)35-60(6,7)55(72)83-66-32-44-25-45(33-66)31-65(77,30-44)39-66/h40-50,53,77H,12-39H2,1-11H3. The Bertz CT molecular complexity index is 2550. The van der Waals surface area contributed by atoms with Crippen LogP contribution in [0, 0.1) is 80.3 Å². The molecular weight excluding hydrogens is 1090 g/mol. The third-order valence-corrected chi connectivity index (χ3v) is 23.8. The summed E-state index contributed by atoms with van der Waals surface area (Å²) in [6.07, 6.45) is 11.2. The summed E-state index contributed by atoms with van der Waals surface area (Å²) in [7, 11) is 0. The van der Waals surface area contributed by atoms with Gasteiger partial charge in [0.1, 0.15) is 29.0 Å². The van der Waals surface area contributed by atoms with Gasteiger partial charge in [0.25, 0.3) is 0 Å². The Morgan fingerprint density at radius 1 is 0.612 bits per heavy atom. The molecule has 476 valence electrons. The Balaban J connectivity index is 1.02. The number of cyclic esters (lactones) is 1. The topological polar surface area (TPSA) is 231 Å². The second kappa shape index (κ2) is 23.3. The van der Waals surface area contributed by atoms with Gasteiger partial charge in [-0.3, -0.25) is 28.8 Å². The highest BCUT2D eigenvalue weighted by atomic mass is 16.6. The SMILES string of the molecule is CCC(C)(CC(C)(CC(C)(CC(C)(CC(C)(C)C(=O)OC12CC3CC(CC(O)(C3)C1)C2)C(=O)OCC(=O)OC1C2CCCC1OC(=O)CC2)C(=O)OC1CCOC1=O)C(=O)OC1(C(C)C)C2CC3CC(C2)CC1C3)C(=O)OC1(C(C)C)CCCC1. The van der Waals surface area contributed by atoms with Crippen molar-refractivity contribution in [2.24, 2.45) is 80.3 Å². The van der Waals surface area contributed by atoms with Crippen molar-refractivity contribution in [3.05, 3.63) is 0 Å². The molecule has 85 heavy (non-hydrogen) atoms. The Morgan fingerprint density at radius 2 is 1.19 bits per heavy atom. The quantitative estimate of drug-likeness (QED) is 0.0740. The first kappa shape index (κ1) is 63.7. The molecule has 2 saturated heterocycles. The molecule has 10 saturated carbocycles. The van der Waals surface area contributed by atoms with Gasteiger partial charge in [-0.15, -0.1) is 0 Å². The number of hydrogen-bond acceptors (Lipinski definition) is 17. The van der Waals surface area contributed by atoms with E-state index in [9.17, 15) is 19.5 Å². The van der Waals surface area contributed by atoms with E-state index in [1.54, 1.807) is 34.6 Å². The van der Waals surface area contributed by atoms with E-state index < -0.39 is 123 Å². The number of carbonyl (C=O) groups is 8. The van der Waals surface area contributed by atoms with Crippen LogP contribution in [0.5, 0.6) is 0 Å². The van der Waals surface area contributed by atoms with Crippen LogP contribution < -0.4 is 0 Å². The zero-order valence-electron chi connectivity index (χ0n) is 53.2. The van der Waals surface area contributed by atoms with E-state index in [1.807, 2.05) is 13.8 Å². The fourth-order valence-corrected chi connectivity index (χ4v) is 20.4. The van der Waals surface area contributed by atoms with E-state index in [4.69, 9.17) is 37.9 Å². The van der Waals surface area contributed by atoms with Crippen LogP contribution in [0.1, 0.15) is 243 Å². The van der Waals surface area contributed by atoms with Crippen LogP contribution in [-0.2, 0) is 76.3 Å². The molecule has 10 aliphatic carbocycles. The van der Waals surface area contributed by atoms with Gasteiger partial charge in [-0.25, -0.2) is 9.59 Å². The largest absolute Gasteiger partial charge is 0.463 e. The summed E-state index contributed by atoms with van der Waals surface area (Å²) in [6, 6.07) is 0. The number of hydrogen-bond donors (Lipinski definition) is 1. The first-order valence-electron chi connectivity index (χ1n) is 33.1. The summed E-state index contributed by atoms with van der Waals surface area (Å²) in [4.78, 5) is 118. The fraction of sp³-hybridized carbons (Fsp3) is 0.882. The van der Waals surface area contributed by atoms with E-state index in [1.165, 1.54) is 6.42 Å². The maximum absolute atomic E-state index is 16.3. The number of carbonyl (C=O) groups excluding carboxylic acids is 8. The number of rotatable bonds is 23. The average Bonchev–Trinajstić information content (AvgIpc) is 1.30. The lowest BCUT2D eigenvalue weighted by molar-refractivity contribution is -0.235. The molecule has 0 aromatic rings. The van der Waals surface area contributed by atoms with Crippen molar-refractivity contribution in [2.75, 3.05) is 13.2 Å². The highest BCUT2D eigenvalue weighted by molar-refractivity contribution is 5.87. The number of aliphatic hydroxyl groups is 1. The van der Waals surface area contributed by atoms with E-state index in [0.717, 1.165) is 57.8 Å². The zero-order valence-corrected chi connectivity index (χ0v) is 53.2. The van der Waals surface area contributed by atoms with Crippen molar-refractivity contribution in [3.8, 4) is 0 Å². The minimum Gasteiger partial charge on any atom is -0.463 e. The summed E-state index contributed by atoms with van der Waals surface area (Å²) in [5, 5.41) is 11.7. The average molecular weight is 1190 g/mol. The normalized spacial score (nSPS) is 37.1. The van der Waals surface area contributed by atoms with Gasteiger partial charge >= 0.3 is 47.8 Å². The maximum atomic E-state index is 16.3. The van der Waals surface area contributed by atoms with Crippen molar-refractivity contribution in [1.29, 1.82) is 0 Å². The molecule has 0 aromatic heterocycles. The molecule has 10 atom stereocenters. The minimum atomic E-state index is -1.91. The number of fused-ring (bicyclic) bond motifs is 2. The second-order valence-corrected chi connectivity index (χ2v) is 32.1. The molecule has 1 N–H and O–H groups in total. The molecule has 17 nitrogen and oxygen atoms in total. The molecule has 12 aliphatic rings. The molecule has 10 bridgehead atoms. The zero-order chi connectivity index (χ0) is 61.5. The number of ether oxygens (including phenoxy) is 8. The van der Waals surface area contributed by atoms with Crippen LogP contribution in [0.2, 0.25) is 0 Å². The second-order valence-electron chi connectivity index (χ2n) is 32.1. The van der Waals surface area contributed by atoms with Gasteiger partial charge in [-0.1, -0.05) is 34.6 Å². The predicted molar refractivity (Wildman–Crippen MR) is 309 cm³/mol. The van der Waals surface area contributed by atoms with Crippen LogP contribution in [0.4, 0.5) is 0 Å². The summed E-state index contributed by atoms with van der Waals surface area (Å²) >= 11 is 0. The lowest BCUT2D eigenvalue weighted by Gasteiger charge is -2.62. The van der Waals surface area contributed by atoms with E-state index in [2.05, 4.69) is 27.7 Å². The first-order valence-corrected chi connectivity index (χ1v) is 33.1. The van der Waals surface area contributed by atoms with Gasteiger partial charge in [-0.2, -0.15) is 0 Å². The Labute approximate surface area is 504 Å². The lowest BCUT2D eigenvalue weighted by Crippen LogP contribution is -2.63. The third-order valence-electron chi connectivity index (χ3n) is 23.8. The predicted octanol–water partition coefficient (Wildman–Crippen LogP) is 11.4. The fourth-order valence-electron chi connectivity index (χ4n) is 20.4. The van der Waals surface area contributed by atoms with Crippen molar-refractivity contribution in [2.45, 2.75) is 284 Å². The summed E-state index contributed by atoms with van der Waals surface area (Å²) < 4.78 is 49.9. The first-order chi connectivity index (χ1) is 39.8. The summed E-state index contributed by atoms with van der Waals surface area (Å²) in [6.45, 7) is 19.5. The Kier molecular flexibility index (Phi) is 17.4. The summed E-state index contributed by atoms with van der Waals surface area (Å²) in [5.41, 5.74) is -11.6. The van der Waals surface area contributed by atoms with Gasteiger partial charge in [-0.05, 0) is 237 Å². The number of esters is 8. The third kappa shape index (κ3) is 12.4. The highest BCUT2D eigenvalue weighted by Crippen LogP contribution is 2.64. The minimum absolute atomic E-state index is 0.00924.